The zero-order valence-corrected chi connectivity index (χ0v) is 16.8. The average molecular weight is 388 g/mol. The number of nitrogens with one attached hydrogen (secondary N) is 1. The Morgan fingerprint density at radius 3 is 2.56 bits per heavy atom. The number of halogens is 1. The van der Waals surface area contributed by atoms with Crippen molar-refractivity contribution in [3.63, 3.8) is 0 Å². The Balaban J connectivity index is 2.09. The predicted molar refractivity (Wildman–Crippen MR) is 107 cm³/mol. The van der Waals surface area contributed by atoms with Gasteiger partial charge >= 0.3 is 0 Å². The molecule has 0 unspecified atom stereocenters. The molecular formula is C19H22ClN5O2. The molecule has 142 valence electrons. The van der Waals surface area contributed by atoms with Gasteiger partial charge in [0.2, 0.25) is 5.43 Å². The highest BCUT2D eigenvalue weighted by Gasteiger charge is 2.21. The molecule has 1 amide bonds. The molecule has 0 saturated carbocycles. The summed E-state index contributed by atoms with van der Waals surface area (Å²) in [5.74, 6) is -0.557. The number of amides is 1. The van der Waals surface area contributed by atoms with Crippen LogP contribution in [0.5, 0.6) is 0 Å². The number of nitrogens with zero attached hydrogens (tertiary/aromatic N) is 4. The van der Waals surface area contributed by atoms with Gasteiger partial charge in [-0.25, -0.2) is 0 Å². The van der Waals surface area contributed by atoms with Crippen LogP contribution in [-0.4, -0.2) is 25.5 Å². The van der Waals surface area contributed by atoms with Gasteiger partial charge in [-0.05, 0) is 52.8 Å². The lowest BCUT2D eigenvalue weighted by Gasteiger charge is -2.11. The van der Waals surface area contributed by atoms with E-state index in [0.717, 1.165) is 5.69 Å². The Morgan fingerprint density at radius 2 is 1.96 bits per heavy atom. The molecule has 2 aromatic heterocycles. The summed E-state index contributed by atoms with van der Waals surface area (Å²) in [6, 6.07) is 5.16. The van der Waals surface area contributed by atoms with Crippen LogP contribution in [-0.2, 0) is 6.54 Å². The molecular weight excluding hydrogens is 366 g/mol. The number of aromatic nitrogens is 4. The lowest BCUT2D eigenvalue weighted by atomic mass is 10.2. The molecule has 3 rings (SSSR count). The highest BCUT2D eigenvalue weighted by atomic mass is 35.5. The summed E-state index contributed by atoms with van der Waals surface area (Å²) < 4.78 is 3.46. The molecule has 0 radical (unpaired) electrons. The molecule has 1 aromatic carbocycles. The minimum Gasteiger partial charge on any atom is -0.317 e. The molecule has 0 atom stereocenters. The predicted octanol–water partition coefficient (Wildman–Crippen LogP) is 3.72. The van der Waals surface area contributed by atoms with Crippen molar-refractivity contribution in [2.75, 3.05) is 5.32 Å². The Morgan fingerprint density at radius 1 is 1.26 bits per heavy atom. The third-order valence-corrected chi connectivity index (χ3v) is 4.72. The van der Waals surface area contributed by atoms with Gasteiger partial charge in [0.1, 0.15) is 0 Å². The Kier molecular flexibility index (Phi) is 5.06. The Labute approximate surface area is 161 Å². The van der Waals surface area contributed by atoms with Crippen molar-refractivity contribution in [1.82, 2.24) is 19.6 Å². The van der Waals surface area contributed by atoms with Crippen molar-refractivity contribution in [3.05, 3.63) is 50.5 Å². The van der Waals surface area contributed by atoms with Crippen molar-refractivity contribution in [2.24, 2.45) is 0 Å². The van der Waals surface area contributed by atoms with Gasteiger partial charge in [0.25, 0.3) is 5.91 Å². The number of hydrogen-bond acceptors (Lipinski definition) is 4. The molecule has 0 aliphatic carbocycles. The number of aryl methyl sites for hydroxylation is 2. The van der Waals surface area contributed by atoms with Crippen LogP contribution in [0.15, 0.2) is 23.0 Å². The largest absolute Gasteiger partial charge is 0.317 e. The van der Waals surface area contributed by atoms with E-state index >= 15 is 0 Å². The van der Waals surface area contributed by atoms with E-state index in [1.165, 1.54) is 0 Å². The van der Waals surface area contributed by atoms with Crippen LogP contribution in [0.4, 0.5) is 5.69 Å². The van der Waals surface area contributed by atoms with Gasteiger partial charge in [-0.1, -0.05) is 11.6 Å². The number of hydrogen-bond donors (Lipinski definition) is 1. The summed E-state index contributed by atoms with van der Waals surface area (Å²) in [5, 5.41) is 12.3. The fourth-order valence-corrected chi connectivity index (χ4v) is 3.34. The van der Waals surface area contributed by atoms with Crippen LogP contribution in [0.1, 0.15) is 48.7 Å². The average Bonchev–Trinajstić information content (AvgIpc) is 2.90. The lowest BCUT2D eigenvalue weighted by molar-refractivity contribution is 0.101. The third-order valence-electron chi connectivity index (χ3n) is 4.48. The third kappa shape index (κ3) is 3.35. The maximum Gasteiger partial charge on any atom is 0.280 e. The number of anilines is 1. The summed E-state index contributed by atoms with van der Waals surface area (Å²) in [6.07, 6.45) is 0. The molecule has 7 nitrogen and oxygen atoms in total. The van der Waals surface area contributed by atoms with Gasteiger partial charge in [-0.2, -0.15) is 10.2 Å². The van der Waals surface area contributed by atoms with Crippen LogP contribution >= 0.6 is 11.6 Å². The topological polar surface area (TPSA) is 81.8 Å². The van der Waals surface area contributed by atoms with Crippen LogP contribution in [0.2, 0.25) is 5.02 Å². The summed E-state index contributed by atoms with van der Waals surface area (Å²) in [6.45, 7) is 10.1. The van der Waals surface area contributed by atoms with E-state index in [0.29, 0.717) is 33.9 Å². The zero-order chi connectivity index (χ0) is 19.9. The van der Waals surface area contributed by atoms with E-state index in [1.807, 2.05) is 39.3 Å². The van der Waals surface area contributed by atoms with E-state index in [1.54, 1.807) is 22.9 Å². The van der Waals surface area contributed by atoms with E-state index in [2.05, 4.69) is 15.5 Å². The fraction of sp³-hybridized carbons (Fsp3) is 0.368. The smallest absolute Gasteiger partial charge is 0.280 e. The first-order valence-electron chi connectivity index (χ1n) is 8.82. The molecule has 0 spiro atoms. The molecule has 3 aromatic rings. The summed E-state index contributed by atoms with van der Waals surface area (Å²) in [5.41, 5.74) is 2.15. The zero-order valence-electron chi connectivity index (χ0n) is 16.0. The number of carbonyl (C=O) groups is 1. The Bertz CT molecular complexity index is 1100. The number of benzene rings is 1. The molecule has 0 aliphatic rings. The summed E-state index contributed by atoms with van der Waals surface area (Å²) in [7, 11) is 0. The second-order valence-corrected chi connectivity index (χ2v) is 7.13. The Hall–Kier alpha value is -2.67. The van der Waals surface area contributed by atoms with E-state index in [-0.39, 0.29) is 11.7 Å². The van der Waals surface area contributed by atoms with Crippen molar-refractivity contribution >= 4 is 34.1 Å². The highest BCUT2D eigenvalue weighted by molar-refractivity contribution is 6.31. The first-order chi connectivity index (χ1) is 12.7. The van der Waals surface area contributed by atoms with Gasteiger partial charge < -0.3 is 5.32 Å². The highest BCUT2D eigenvalue weighted by Crippen LogP contribution is 2.23. The van der Waals surface area contributed by atoms with Crippen LogP contribution in [0.3, 0.4) is 0 Å². The number of rotatable bonds is 4. The van der Waals surface area contributed by atoms with Crippen LogP contribution in [0.25, 0.3) is 10.9 Å². The molecule has 0 bridgehead atoms. The van der Waals surface area contributed by atoms with E-state index in [9.17, 15) is 9.59 Å². The fourth-order valence-electron chi connectivity index (χ4n) is 3.17. The van der Waals surface area contributed by atoms with Gasteiger partial charge in [0, 0.05) is 17.6 Å². The van der Waals surface area contributed by atoms with Gasteiger partial charge in [-0.3, -0.25) is 19.0 Å². The van der Waals surface area contributed by atoms with E-state index < -0.39 is 11.3 Å². The second-order valence-electron chi connectivity index (χ2n) is 6.69. The summed E-state index contributed by atoms with van der Waals surface area (Å²) in [4.78, 5) is 25.7. The van der Waals surface area contributed by atoms with E-state index in [4.69, 9.17) is 11.6 Å². The van der Waals surface area contributed by atoms with Crippen molar-refractivity contribution in [2.45, 2.75) is 47.2 Å². The monoisotopic (exact) mass is 387 g/mol. The quantitative estimate of drug-likeness (QED) is 0.739. The molecule has 27 heavy (non-hydrogen) atoms. The van der Waals surface area contributed by atoms with Gasteiger partial charge in [-0.15, -0.1) is 0 Å². The van der Waals surface area contributed by atoms with Gasteiger partial charge in [0.15, 0.2) is 5.69 Å². The van der Waals surface area contributed by atoms with Crippen molar-refractivity contribution in [1.29, 1.82) is 0 Å². The summed E-state index contributed by atoms with van der Waals surface area (Å²) >= 11 is 6.04. The first-order valence-corrected chi connectivity index (χ1v) is 9.19. The minimum absolute atomic E-state index is 0.160. The lowest BCUT2D eigenvalue weighted by Crippen LogP contribution is -2.27. The standard InChI is InChI=1S/C19H22ClN5O2/c1-6-24-15-8-7-13(20)9-14(15)18(26)17(23-24)19(27)21-16-11(4)22-25(10(2)3)12(16)5/h7-10H,6H2,1-5H3,(H,21,27). The maximum absolute atomic E-state index is 12.9. The molecule has 0 aliphatic heterocycles. The van der Waals surface area contributed by atoms with Crippen molar-refractivity contribution < 1.29 is 4.79 Å². The van der Waals surface area contributed by atoms with Crippen molar-refractivity contribution in [3.8, 4) is 0 Å². The number of fused-ring (bicyclic) bond motifs is 1. The maximum atomic E-state index is 12.9. The number of carbonyl (C=O) groups excluding carboxylic acids is 1. The molecule has 0 saturated heterocycles. The second kappa shape index (κ2) is 7.15. The van der Waals surface area contributed by atoms with Crippen LogP contribution < -0.4 is 10.7 Å². The SMILES string of the molecule is CCn1nc(C(=O)Nc2c(C)nn(C(C)C)c2C)c(=O)c2cc(Cl)ccc21. The molecule has 2 heterocycles. The van der Waals surface area contributed by atoms with Crippen LogP contribution in [0, 0.1) is 13.8 Å². The normalized spacial score (nSPS) is 11.4. The molecule has 1 N–H and O–H groups in total. The van der Waals surface area contributed by atoms with Gasteiger partial charge in [0.05, 0.1) is 28.0 Å². The first kappa shape index (κ1) is 19.1. The minimum atomic E-state index is -0.557. The molecule has 8 heteroatoms. The molecule has 0 fully saturated rings.